The molecule has 1 amide bonds. The molecule has 0 spiro atoms. The molecule has 0 aliphatic rings. The van der Waals surface area contributed by atoms with Crippen LogP contribution in [0.15, 0.2) is 36.7 Å². The summed E-state index contributed by atoms with van der Waals surface area (Å²) in [5.74, 6) is 1.87. The highest BCUT2D eigenvalue weighted by molar-refractivity contribution is 6.33. The molecule has 0 aliphatic heterocycles. The standard InChI is InChI=1S/C23H26ClN3O5/c1-4-5-6-7-10-31-23(28)27-18-9-8-15(11-17(18)24)32-22-16-12-20(29-2)21(30-3)13-19(16)25-14-26-22/h8-9,11-14H,4-7,10H2,1-3H3,(H,27,28). The molecule has 0 atom stereocenters. The lowest BCUT2D eigenvalue weighted by atomic mass is 10.2. The first-order chi connectivity index (χ1) is 15.5. The summed E-state index contributed by atoms with van der Waals surface area (Å²) < 4.78 is 21.8. The Morgan fingerprint density at radius 2 is 1.81 bits per heavy atom. The molecule has 0 unspecified atom stereocenters. The second kappa shape index (κ2) is 11.4. The number of hydrogen-bond donors (Lipinski definition) is 1. The summed E-state index contributed by atoms with van der Waals surface area (Å²) in [5, 5.41) is 3.60. The Hall–Kier alpha value is -3.26. The van der Waals surface area contributed by atoms with Crippen LogP contribution < -0.4 is 19.5 Å². The SMILES string of the molecule is CCCCCCOC(=O)Nc1ccc(Oc2ncnc3cc(OC)c(OC)cc23)cc1Cl. The molecule has 0 bridgehead atoms. The van der Waals surface area contributed by atoms with Crippen LogP contribution in [0, 0.1) is 0 Å². The third-order valence-corrected chi connectivity index (χ3v) is 5.04. The summed E-state index contributed by atoms with van der Waals surface area (Å²) in [7, 11) is 3.11. The van der Waals surface area contributed by atoms with Crippen LogP contribution in [-0.4, -0.2) is 36.9 Å². The topological polar surface area (TPSA) is 91.8 Å². The molecular weight excluding hydrogens is 434 g/mol. The number of nitrogens with zero attached hydrogens (tertiary/aromatic N) is 2. The van der Waals surface area contributed by atoms with Gasteiger partial charge in [0.05, 0.1) is 42.4 Å². The van der Waals surface area contributed by atoms with E-state index in [-0.39, 0.29) is 0 Å². The number of aromatic nitrogens is 2. The molecule has 0 radical (unpaired) electrons. The predicted octanol–water partition coefficient (Wildman–Crippen LogP) is 6.22. The number of unbranched alkanes of at least 4 members (excludes halogenated alkanes) is 3. The number of amides is 1. The molecule has 3 rings (SSSR count). The fourth-order valence-electron chi connectivity index (χ4n) is 3.05. The Balaban J connectivity index is 1.70. The summed E-state index contributed by atoms with van der Waals surface area (Å²) >= 11 is 6.33. The highest BCUT2D eigenvalue weighted by Gasteiger charge is 2.14. The van der Waals surface area contributed by atoms with Crippen LogP contribution in [-0.2, 0) is 4.74 Å². The number of ether oxygens (including phenoxy) is 4. The number of carbonyl (C=O) groups is 1. The zero-order chi connectivity index (χ0) is 22.9. The van der Waals surface area contributed by atoms with Gasteiger partial charge in [0.25, 0.3) is 0 Å². The van der Waals surface area contributed by atoms with Gasteiger partial charge < -0.3 is 18.9 Å². The highest BCUT2D eigenvalue weighted by atomic mass is 35.5. The van der Waals surface area contributed by atoms with E-state index in [2.05, 4.69) is 22.2 Å². The van der Waals surface area contributed by atoms with Crippen molar-refractivity contribution in [3.05, 3.63) is 41.7 Å². The van der Waals surface area contributed by atoms with Crippen molar-refractivity contribution in [2.75, 3.05) is 26.1 Å². The maximum atomic E-state index is 12.0. The number of methoxy groups -OCH3 is 2. The molecule has 1 N–H and O–H groups in total. The minimum atomic E-state index is -0.542. The third kappa shape index (κ3) is 5.91. The molecule has 8 nitrogen and oxygen atoms in total. The fraction of sp³-hybridized carbons (Fsp3) is 0.348. The molecule has 1 heterocycles. The van der Waals surface area contributed by atoms with E-state index in [1.807, 2.05) is 0 Å². The lowest BCUT2D eigenvalue weighted by Gasteiger charge is -2.12. The molecule has 32 heavy (non-hydrogen) atoms. The van der Waals surface area contributed by atoms with Crippen molar-refractivity contribution in [2.45, 2.75) is 32.6 Å². The normalized spacial score (nSPS) is 10.6. The molecular formula is C23H26ClN3O5. The van der Waals surface area contributed by atoms with E-state index in [0.717, 1.165) is 25.7 Å². The predicted molar refractivity (Wildman–Crippen MR) is 123 cm³/mol. The molecule has 0 saturated heterocycles. The number of anilines is 1. The highest BCUT2D eigenvalue weighted by Crippen LogP contribution is 2.36. The second-order valence-corrected chi connectivity index (χ2v) is 7.38. The maximum absolute atomic E-state index is 12.0. The molecule has 3 aromatic rings. The van der Waals surface area contributed by atoms with Crippen molar-refractivity contribution < 1.29 is 23.7 Å². The van der Waals surface area contributed by atoms with Gasteiger partial charge in [0.2, 0.25) is 5.88 Å². The van der Waals surface area contributed by atoms with Crippen molar-refractivity contribution in [1.29, 1.82) is 0 Å². The second-order valence-electron chi connectivity index (χ2n) is 6.97. The zero-order valence-electron chi connectivity index (χ0n) is 18.3. The van der Waals surface area contributed by atoms with Crippen molar-refractivity contribution in [2.24, 2.45) is 0 Å². The maximum Gasteiger partial charge on any atom is 0.411 e. The van der Waals surface area contributed by atoms with Gasteiger partial charge in [0.1, 0.15) is 12.1 Å². The van der Waals surface area contributed by atoms with Gasteiger partial charge in [-0.15, -0.1) is 0 Å². The van der Waals surface area contributed by atoms with Gasteiger partial charge >= 0.3 is 6.09 Å². The lowest BCUT2D eigenvalue weighted by Crippen LogP contribution is -2.14. The van der Waals surface area contributed by atoms with E-state index in [1.165, 1.54) is 6.33 Å². The quantitative estimate of drug-likeness (QED) is 0.359. The zero-order valence-corrected chi connectivity index (χ0v) is 19.1. The Kier molecular flexibility index (Phi) is 8.33. The number of hydrogen-bond acceptors (Lipinski definition) is 7. The number of halogens is 1. The number of benzene rings is 2. The summed E-state index contributed by atoms with van der Waals surface area (Å²) in [5.41, 5.74) is 1.07. The van der Waals surface area contributed by atoms with E-state index in [1.54, 1.807) is 44.6 Å². The van der Waals surface area contributed by atoms with Crippen molar-refractivity contribution in [3.63, 3.8) is 0 Å². The number of rotatable bonds is 10. The molecule has 2 aromatic carbocycles. The van der Waals surface area contributed by atoms with Crippen LogP contribution in [0.4, 0.5) is 10.5 Å². The molecule has 1 aromatic heterocycles. The number of nitrogens with one attached hydrogen (secondary N) is 1. The van der Waals surface area contributed by atoms with Gasteiger partial charge in [-0.25, -0.2) is 14.8 Å². The van der Waals surface area contributed by atoms with E-state index in [0.29, 0.717) is 51.3 Å². The first-order valence-electron chi connectivity index (χ1n) is 10.3. The number of carbonyl (C=O) groups excluding carboxylic acids is 1. The van der Waals surface area contributed by atoms with Crippen LogP contribution in [0.2, 0.25) is 5.02 Å². The minimum absolute atomic E-state index is 0.308. The van der Waals surface area contributed by atoms with Crippen LogP contribution in [0.3, 0.4) is 0 Å². The largest absolute Gasteiger partial charge is 0.493 e. The van der Waals surface area contributed by atoms with Crippen LogP contribution in [0.5, 0.6) is 23.1 Å². The molecule has 0 saturated carbocycles. The van der Waals surface area contributed by atoms with Crippen LogP contribution in [0.25, 0.3) is 10.9 Å². The summed E-state index contributed by atoms with van der Waals surface area (Å²) in [6.45, 7) is 2.50. The van der Waals surface area contributed by atoms with Gasteiger partial charge in [-0.05, 0) is 24.6 Å². The monoisotopic (exact) mass is 459 g/mol. The first kappa shape index (κ1) is 23.4. The summed E-state index contributed by atoms with van der Waals surface area (Å²) in [6, 6.07) is 8.40. The first-order valence-corrected chi connectivity index (χ1v) is 10.7. The van der Waals surface area contributed by atoms with Gasteiger partial charge in [-0.3, -0.25) is 5.32 Å². The van der Waals surface area contributed by atoms with Crippen LogP contribution in [0.1, 0.15) is 32.6 Å². The average Bonchev–Trinajstić information content (AvgIpc) is 2.80. The smallest absolute Gasteiger partial charge is 0.411 e. The molecule has 170 valence electrons. The van der Waals surface area contributed by atoms with Gasteiger partial charge in [0.15, 0.2) is 11.5 Å². The van der Waals surface area contributed by atoms with E-state index in [4.69, 9.17) is 30.5 Å². The van der Waals surface area contributed by atoms with Crippen molar-refractivity contribution in [1.82, 2.24) is 9.97 Å². The minimum Gasteiger partial charge on any atom is -0.493 e. The van der Waals surface area contributed by atoms with Gasteiger partial charge in [-0.1, -0.05) is 37.8 Å². The Morgan fingerprint density at radius 3 is 2.53 bits per heavy atom. The van der Waals surface area contributed by atoms with E-state index in [9.17, 15) is 4.79 Å². The Bertz CT molecular complexity index is 1080. The molecule has 9 heteroatoms. The molecule has 0 aliphatic carbocycles. The van der Waals surface area contributed by atoms with Gasteiger partial charge in [-0.2, -0.15) is 0 Å². The van der Waals surface area contributed by atoms with Crippen LogP contribution >= 0.6 is 11.6 Å². The number of fused-ring (bicyclic) bond motifs is 1. The van der Waals surface area contributed by atoms with Crippen molar-refractivity contribution >= 4 is 34.3 Å². The Labute approximate surface area is 191 Å². The van der Waals surface area contributed by atoms with Gasteiger partial charge in [0, 0.05) is 12.1 Å². The van der Waals surface area contributed by atoms with E-state index >= 15 is 0 Å². The lowest BCUT2D eigenvalue weighted by molar-refractivity contribution is 0.159. The van der Waals surface area contributed by atoms with Crippen molar-refractivity contribution in [3.8, 4) is 23.1 Å². The molecule has 0 fully saturated rings. The van der Waals surface area contributed by atoms with E-state index < -0.39 is 6.09 Å². The Morgan fingerprint density at radius 1 is 1.03 bits per heavy atom. The summed E-state index contributed by atoms with van der Waals surface area (Å²) in [6.07, 6.45) is 4.98. The summed E-state index contributed by atoms with van der Waals surface area (Å²) in [4.78, 5) is 20.5. The fourth-order valence-corrected chi connectivity index (χ4v) is 3.27. The average molecular weight is 460 g/mol. The third-order valence-electron chi connectivity index (χ3n) is 4.73.